The molecule has 0 bridgehead atoms. The molecule has 0 aromatic rings. The molecule has 1 rings (SSSR count). The number of amides is 2. The first-order valence-electron chi connectivity index (χ1n) is 7.30. The minimum absolute atomic E-state index is 0.00894. The van der Waals surface area contributed by atoms with Gasteiger partial charge in [-0.25, -0.2) is 4.79 Å². The Bertz CT molecular complexity index is 332. The van der Waals surface area contributed by atoms with Crippen LogP contribution in [0.15, 0.2) is 0 Å². The van der Waals surface area contributed by atoms with E-state index in [1.165, 1.54) is 7.11 Å². The third-order valence-electron chi connectivity index (χ3n) is 3.74. The van der Waals surface area contributed by atoms with E-state index in [-0.39, 0.29) is 17.9 Å². The molecule has 6 nitrogen and oxygen atoms in total. The summed E-state index contributed by atoms with van der Waals surface area (Å²) in [6.07, 6.45) is 2.62. The van der Waals surface area contributed by atoms with Crippen LogP contribution in [0.1, 0.15) is 33.1 Å². The van der Waals surface area contributed by atoms with Crippen molar-refractivity contribution in [2.45, 2.75) is 45.2 Å². The number of hydrogen-bond acceptors (Lipinski definition) is 4. The summed E-state index contributed by atoms with van der Waals surface area (Å²) in [4.78, 5) is 26.0. The standard InChI is InChI=1S/C14H27N3O3/c1-10(2)12(16-14(19)20-4)13(18)17-8-6-5-7-11(17)9-15-3/h10-12,15H,5-9H2,1-4H3,(H,16,19)/t11-,12-/m0/s1. The maximum atomic E-state index is 12.7. The summed E-state index contributed by atoms with van der Waals surface area (Å²) < 4.78 is 4.61. The van der Waals surface area contributed by atoms with Crippen molar-refractivity contribution in [2.75, 3.05) is 27.2 Å². The largest absolute Gasteiger partial charge is 0.453 e. The summed E-state index contributed by atoms with van der Waals surface area (Å²) in [5.74, 6) is 0.0177. The fraction of sp³-hybridized carbons (Fsp3) is 0.857. The van der Waals surface area contributed by atoms with Gasteiger partial charge in [0.25, 0.3) is 0 Å². The number of carbonyl (C=O) groups excluding carboxylic acids is 2. The predicted octanol–water partition coefficient (Wildman–Crippen LogP) is 0.967. The molecule has 0 aromatic carbocycles. The van der Waals surface area contributed by atoms with Crippen molar-refractivity contribution in [3.8, 4) is 0 Å². The van der Waals surface area contributed by atoms with E-state index in [9.17, 15) is 9.59 Å². The lowest BCUT2D eigenvalue weighted by molar-refractivity contribution is -0.138. The van der Waals surface area contributed by atoms with Gasteiger partial charge in [-0.2, -0.15) is 0 Å². The van der Waals surface area contributed by atoms with E-state index < -0.39 is 12.1 Å². The van der Waals surface area contributed by atoms with Crippen LogP contribution in [-0.2, 0) is 9.53 Å². The second kappa shape index (κ2) is 8.09. The van der Waals surface area contributed by atoms with Gasteiger partial charge in [-0.05, 0) is 32.2 Å². The molecule has 0 radical (unpaired) electrons. The summed E-state index contributed by atoms with van der Waals surface area (Å²) in [6, 6.07) is -0.318. The van der Waals surface area contributed by atoms with E-state index >= 15 is 0 Å². The van der Waals surface area contributed by atoms with Crippen LogP contribution in [0.3, 0.4) is 0 Å². The Morgan fingerprint density at radius 3 is 2.60 bits per heavy atom. The number of alkyl carbamates (subject to hydrolysis) is 1. The molecule has 0 spiro atoms. The van der Waals surface area contributed by atoms with Gasteiger partial charge in [-0.1, -0.05) is 13.8 Å². The van der Waals surface area contributed by atoms with E-state index in [1.807, 2.05) is 25.8 Å². The Balaban J connectivity index is 2.78. The maximum absolute atomic E-state index is 12.7. The number of nitrogens with one attached hydrogen (secondary N) is 2. The van der Waals surface area contributed by atoms with Crippen LogP contribution in [-0.4, -0.2) is 56.2 Å². The van der Waals surface area contributed by atoms with Crippen LogP contribution >= 0.6 is 0 Å². The average molecular weight is 285 g/mol. The van der Waals surface area contributed by atoms with Gasteiger partial charge in [0.05, 0.1) is 7.11 Å². The highest BCUT2D eigenvalue weighted by Crippen LogP contribution is 2.19. The highest BCUT2D eigenvalue weighted by Gasteiger charge is 2.33. The van der Waals surface area contributed by atoms with Crippen molar-refractivity contribution in [2.24, 2.45) is 5.92 Å². The SMILES string of the molecule is CNC[C@@H]1CCCCN1C(=O)[C@@H](NC(=O)OC)C(C)C. The van der Waals surface area contributed by atoms with E-state index in [1.54, 1.807) is 0 Å². The molecular weight excluding hydrogens is 258 g/mol. The van der Waals surface area contributed by atoms with Crippen LogP contribution in [0, 0.1) is 5.92 Å². The number of piperidine rings is 1. The quantitative estimate of drug-likeness (QED) is 0.789. The van der Waals surface area contributed by atoms with Crippen LogP contribution in [0.4, 0.5) is 4.79 Å². The summed E-state index contributed by atoms with van der Waals surface area (Å²) in [5, 5.41) is 5.79. The predicted molar refractivity (Wildman–Crippen MR) is 77.4 cm³/mol. The van der Waals surface area contributed by atoms with Gasteiger partial charge >= 0.3 is 6.09 Å². The van der Waals surface area contributed by atoms with Crippen LogP contribution < -0.4 is 10.6 Å². The Labute approximate surface area is 121 Å². The summed E-state index contributed by atoms with van der Waals surface area (Å²) in [5.41, 5.74) is 0. The number of hydrogen-bond donors (Lipinski definition) is 2. The first-order valence-corrected chi connectivity index (χ1v) is 7.30. The number of likely N-dealkylation sites (tertiary alicyclic amines) is 1. The van der Waals surface area contributed by atoms with Gasteiger partial charge in [0.15, 0.2) is 0 Å². The number of nitrogens with zero attached hydrogens (tertiary/aromatic N) is 1. The molecule has 0 unspecified atom stereocenters. The van der Waals surface area contributed by atoms with Gasteiger partial charge in [-0.15, -0.1) is 0 Å². The molecule has 6 heteroatoms. The van der Waals surface area contributed by atoms with Crippen molar-refractivity contribution >= 4 is 12.0 Å². The molecule has 1 aliphatic heterocycles. The Morgan fingerprint density at radius 1 is 1.35 bits per heavy atom. The van der Waals surface area contributed by atoms with E-state index in [2.05, 4.69) is 15.4 Å². The van der Waals surface area contributed by atoms with Gasteiger partial charge < -0.3 is 20.3 Å². The first-order chi connectivity index (χ1) is 9.51. The van der Waals surface area contributed by atoms with Crippen LogP contribution in [0.2, 0.25) is 0 Å². The van der Waals surface area contributed by atoms with Crippen LogP contribution in [0.25, 0.3) is 0 Å². The maximum Gasteiger partial charge on any atom is 0.407 e. The molecule has 2 atom stereocenters. The third kappa shape index (κ3) is 4.37. The molecule has 2 amide bonds. The fourth-order valence-corrected chi connectivity index (χ4v) is 2.62. The normalized spacial score (nSPS) is 20.6. The van der Waals surface area contributed by atoms with Gasteiger partial charge in [0.2, 0.25) is 5.91 Å². The second-order valence-corrected chi connectivity index (χ2v) is 5.60. The zero-order chi connectivity index (χ0) is 15.1. The lowest BCUT2D eigenvalue weighted by Gasteiger charge is -2.38. The van der Waals surface area contributed by atoms with Crippen molar-refractivity contribution in [1.82, 2.24) is 15.5 Å². The number of methoxy groups -OCH3 is 1. The molecule has 20 heavy (non-hydrogen) atoms. The van der Waals surface area contributed by atoms with Gasteiger partial charge in [0, 0.05) is 19.1 Å². The van der Waals surface area contributed by atoms with Crippen molar-refractivity contribution in [3.05, 3.63) is 0 Å². The first kappa shape index (κ1) is 16.8. The molecule has 1 fully saturated rings. The Morgan fingerprint density at radius 2 is 2.05 bits per heavy atom. The topological polar surface area (TPSA) is 70.7 Å². The zero-order valence-corrected chi connectivity index (χ0v) is 12.9. The summed E-state index contributed by atoms with van der Waals surface area (Å²) in [7, 11) is 3.20. The molecule has 0 saturated carbocycles. The number of likely N-dealkylation sites (N-methyl/N-ethyl adjacent to an activating group) is 1. The highest BCUT2D eigenvalue weighted by atomic mass is 16.5. The van der Waals surface area contributed by atoms with Gasteiger partial charge in [0.1, 0.15) is 6.04 Å². The zero-order valence-electron chi connectivity index (χ0n) is 12.9. The van der Waals surface area contributed by atoms with Crippen molar-refractivity contribution in [1.29, 1.82) is 0 Å². The minimum Gasteiger partial charge on any atom is -0.453 e. The van der Waals surface area contributed by atoms with Crippen molar-refractivity contribution in [3.63, 3.8) is 0 Å². The molecule has 1 heterocycles. The lowest BCUT2D eigenvalue weighted by atomic mass is 9.97. The number of rotatable bonds is 5. The lowest BCUT2D eigenvalue weighted by Crippen LogP contribution is -2.56. The monoisotopic (exact) mass is 285 g/mol. The highest BCUT2D eigenvalue weighted by molar-refractivity contribution is 5.86. The summed E-state index contributed by atoms with van der Waals surface area (Å²) >= 11 is 0. The smallest absolute Gasteiger partial charge is 0.407 e. The Hall–Kier alpha value is -1.30. The molecule has 0 aliphatic carbocycles. The molecule has 116 valence electrons. The Kier molecular flexibility index (Phi) is 6.78. The van der Waals surface area contributed by atoms with Crippen LogP contribution in [0.5, 0.6) is 0 Å². The number of carbonyl (C=O) groups is 2. The van der Waals surface area contributed by atoms with Crippen molar-refractivity contribution < 1.29 is 14.3 Å². The fourth-order valence-electron chi connectivity index (χ4n) is 2.62. The molecular formula is C14H27N3O3. The van der Waals surface area contributed by atoms with E-state index in [4.69, 9.17) is 0 Å². The molecule has 1 saturated heterocycles. The third-order valence-corrected chi connectivity index (χ3v) is 3.74. The molecule has 0 aromatic heterocycles. The van der Waals surface area contributed by atoms with Gasteiger partial charge in [-0.3, -0.25) is 4.79 Å². The second-order valence-electron chi connectivity index (χ2n) is 5.60. The summed E-state index contributed by atoms with van der Waals surface area (Å²) in [6.45, 7) is 5.40. The number of ether oxygens (including phenoxy) is 1. The molecule has 1 aliphatic rings. The van der Waals surface area contributed by atoms with E-state index in [0.717, 1.165) is 32.4 Å². The average Bonchev–Trinajstić information content (AvgIpc) is 2.44. The minimum atomic E-state index is -0.556. The van der Waals surface area contributed by atoms with E-state index in [0.29, 0.717) is 0 Å². The molecule has 2 N–H and O–H groups in total.